The van der Waals surface area contributed by atoms with Gasteiger partial charge in [-0.25, -0.2) is 9.97 Å². The van der Waals surface area contributed by atoms with E-state index < -0.39 is 0 Å². The highest BCUT2D eigenvalue weighted by atomic mass is 32.1. The third-order valence-electron chi connectivity index (χ3n) is 4.98. The van der Waals surface area contributed by atoms with Crippen LogP contribution in [0, 0.1) is 5.13 Å². The van der Waals surface area contributed by atoms with Crippen molar-refractivity contribution >= 4 is 32.3 Å². The Balaban J connectivity index is 2.05. The molecule has 2 nitrogen and oxygen atoms in total. The van der Waals surface area contributed by atoms with Crippen LogP contribution in [0.15, 0.2) is 42.7 Å². The van der Waals surface area contributed by atoms with Crippen LogP contribution in [-0.2, 0) is 5.41 Å². The normalized spacial score (nSPS) is 12.4. The van der Waals surface area contributed by atoms with Crippen molar-refractivity contribution in [1.82, 2.24) is 9.97 Å². The SMILES string of the molecule is CC(C)c1c(F)sc2c(-c3cc(C(C)(C)C)c4ccccc4c3)ncnc12. The molecule has 0 aliphatic heterocycles. The smallest absolute Gasteiger partial charge is 0.182 e. The molecule has 0 bridgehead atoms. The zero-order valence-electron chi connectivity index (χ0n) is 16.3. The van der Waals surface area contributed by atoms with Gasteiger partial charge in [-0.3, -0.25) is 0 Å². The van der Waals surface area contributed by atoms with E-state index in [1.54, 1.807) is 6.33 Å². The van der Waals surface area contributed by atoms with E-state index in [1.165, 1.54) is 16.3 Å². The fourth-order valence-electron chi connectivity index (χ4n) is 3.67. The van der Waals surface area contributed by atoms with Gasteiger partial charge in [-0.15, -0.1) is 11.3 Å². The Bertz CT molecular complexity index is 1150. The molecule has 4 rings (SSSR count). The molecule has 0 aliphatic rings. The van der Waals surface area contributed by atoms with Crippen LogP contribution in [-0.4, -0.2) is 9.97 Å². The summed E-state index contributed by atoms with van der Waals surface area (Å²) in [6.45, 7) is 10.7. The summed E-state index contributed by atoms with van der Waals surface area (Å²) in [5, 5.41) is 2.27. The zero-order valence-corrected chi connectivity index (χ0v) is 17.1. The van der Waals surface area contributed by atoms with Gasteiger partial charge < -0.3 is 0 Å². The maximum atomic E-state index is 14.6. The standard InChI is InChI=1S/C23H23FN2S/c1-13(2)18-20-21(27-22(18)24)19(25-12-26-20)15-10-14-8-6-7-9-16(14)17(11-15)23(3,4)5/h6-13H,1-5H3. The second-order valence-corrected chi connectivity index (χ2v) is 9.31. The lowest BCUT2D eigenvalue weighted by atomic mass is 9.82. The van der Waals surface area contributed by atoms with Crippen LogP contribution in [0.4, 0.5) is 4.39 Å². The van der Waals surface area contributed by atoms with Gasteiger partial charge in [0.15, 0.2) is 5.13 Å². The molecule has 2 heterocycles. The van der Waals surface area contributed by atoms with E-state index in [1.807, 2.05) is 13.8 Å². The number of rotatable bonds is 2. The highest BCUT2D eigenvalue weighted by molar-refractivity contribution is 7.18. The van der Waals surface area contributed by atoms with Gasteiger partial charge in [0.05, 0.1) is 15.9 Å². The van der Waals surface area contributed by atoms with Gasteiger partial charge in [-0.1, -0.05) is 58.9 Å². The van der Waals surface area contributed by atoms with Crippen molar-refractivity contribution in [2.75, 3.05) is 0 Å². The first kappa shape index (κ1) is 18.1. The Labute approximate surface area is 163 Å². The van der Waals surface area contributed by atoms with E-state index in [9.17, 15) is 4.39 Å². The summed E-state index contributed by atoms with van der Waals surface area (Å²) in [5.41, 5.74) is 4.52. The van der Waals surface area contributed by atoms with Crippen molar-refractivity contribution in [3.05, 3.63) is 59.0 Å². The summed E-state index contributed by atoms with van der Waals surface area (Å²) in [6, 6.07) is 12.8. The third kappa shape index (κ3) is 3.02. The number of fused-ring (bicyclic) bond motifs is 2. The first-order valence-electron chi connectivity index (χ1n) is 9.24. The lowest BCUT2D eigenvalue weighted by molar-refractivity contribution is 0.596. The molecule has 4 aromatic rings. The fraction of sp³-hybridized carbons (Fsp3) is 0.304. The third-order valence-corrected chi connectivity index (χ3v) is 5.97. The first-order chi connectivity index (χ1) is 12.8. The molecule has 0 saturated heterocycles. The summed E-state index contributed by atoms with van der Waals surface area (Å²) < 4.78 is 15.5. The zero-order chi connectivity index (χ0) is 19.3. The fourth-order valence-corrected chi connectivity index (χ4v) is 4.82. The lowest BCUT2D eigenvalue weighted by Gasteiger charge is -2.22. The van der Waals surface area contributed by atoms with E-state index in [2.05, 4.69) is 67.1 Å². The molecule has 4 heteroatoms. The van der Waals surface area contributed by atoms with Crippen LogP contribution in [0.2, 0.25) is 0 Å². The molecule has 0 N–H and O–H groups in total. The van der Waals surface area contributed by atoms with Gasteiger partial charge in [0.2, 0.25) is 0 Å². The summed E-state index contributed by atoms with van der Waals surface area (Å²) in [5.74, 6) is 0.0863. The van der Waals surface area contributed by atoms with E-state index in [4.69, 9.17) is 0 Å². The Morgan fingerprint density at radius 1 is 1.04 bits per heavy atom. The number of hydrogen-bond donors (Lipinski definition) is 0. The van der Waals surface area contributed by atoms with Crippen LogP contribution >= 0.6 is 11.3 Å². The molecular weight excluding hydrogens is 355 g/mol. The largest absolute Gasteiger partial charge is 0.235 e. The molecule has 0 atom stereocenters. The summed E-state index contributed by atoms with van der Waals surface area (Å²) >= 11 is 1.16. The number of aromatic nitrogens is 2. The van der Waals surface area contributed by atoms with Crippen LogP contribution in [0.5, 0.6) is 0 Å². The van der Waals surface area contributed by atoms with Crippen molar-refractivity contribution in [1.29, 1.82) is 0 Å². The average molecular weight is 379 g/mol. The molecule has 27 heavy (non-hydrogen) atoms. The summed E-state index contributed by atoms with van der Waals surface area (Å²) in [7, 11) is 0. The van der Waals surface area contributed by atoms with Crippen LogP contribution in [0.25, 0.3) is 32.2 Å². The topological polar surface area (TPSA) is 25.8 Å². The van der Waals surface area contributed by atoms with Gasteiger partial charge in [0.1, 0.15) is 6.33 Å². The first-order valence-corrected chi connectivity index (χ1v) is 10.1. The highest BCUT2D eigenvalue weighted by Gasteiger charge is 2.22. The molecule has 0 saturated carbocycles. The van der Waals surface area contributed by atoms with Gasteiger partial charge in [0, 0.05) is 11.1 Å². The second kappa shape index (κ2) is 6.38. The molecular formula is C23H23FN2S. The predicted octanol–water partition coefficient (Wildman–Crippen LogP) is 7.07. The minimum absolute atomic E-state index is 0.00838. The summed E-state index contributed by atoms with van der Waals surface area (Å²) in [6.07, 6.45) is 1.56. The maximum absolute atomic E-state index is 14.6. The van der Waals surface area contributed by atoms with E-state index in [0.29, 0.717) is 5.56 Å². The summed E-state index contributed by atoms with van der Waals surface area (Å²) in [4.78, 5) is 8.96. The Hall–Kier alpha value is -2.33. The van der Waals surface area contributed by atoms with Crippen molar-refractivity contribution < 1.29 is 4.39 Å². The van der Waals surface area contributed by atoms with E-state index in [0.717, 1.165) is 32.8 Å². The van der Waals surface area contributed by atoms with Crippen molar-refractivity contribution in [2.24, 2.45) is 0 Å². The average Bonchev–Trinajstić information content (AvgIpc) is 2.95. The molecule has 2 aromatic carbocycles. The number of nitrogens with zero attached hydrogens (tertiary/aromatic N) is 2. The van der Waals surface area contributed by atoms with Gasteiger partial charge in [-0.2, -0.15) is 4.39 Å². The molecule has 0 aliphatic carbocycles. The predicted molar refractivity (Wildman–Crippen MR) is 113 cm³/mol. The highest BCUT2D eigenvalue weighted by Crippen LogP contribution is 2.40. The number of thiophene rings is 1. The van der Waals surface area contributed by atoms with Crippen molar-refractivity contribution in [3.8, 4) is 11.3 Å². The molecule has 0 amide bonds. The molecule has 0 radical (unpaired) electrons. The molecule has 138 valence electrons. The van der Waals surface area contributed by atoms with E-state index >= 15 is 0 Å². The Morgan fingerprint density at radius 3 is 2.48 bits per heavy atom. The van der Waals surface area contributed by atoms with Gasteiger partial charge >= 0.3 is 0 Å². The minimum Gasteiger partial charge on any atom is -0.235 e. The molecule has 0 unspecified atom stereocenters. The number of hydrogen-bond acceptors (Lipinski definition) is 3. The van der Waals surface area contributed by atoms with E-state index in [-0.39, 0.29) is 16.5 Å². The van der Waals surface area contributed by atoms with Gasteiger partial charge in [-0.05, 0) is 39.8 Å². The number of benzene rings is 2. The second-order valence-electron chi connectivity index (χ2n) is 8.34. The van der Waals surface area contributed by atoms with Crippen LogP contribution in [0.3, 0.4) is 0 Å². The van der Waals surface area contributed by atoms with Crippen LogP contribution in [0.1, 0.15) is 51.7 Å². The molecule has 0 fully saturated rings. The van der Waals surface area contributed by atoms with Crippen molar-refractivity contribution in [2.45, 2.75) is 46.0 Å². The minimum atomic E-state index is -0.154. The lowest BCUT2D eigenvalue weighted by Crippen LogP contribution is -2.12. The maximum Gasteiger partial charge on any atom is 0.182 e. The van der Waals surface area contributed by atoms with Crippen LogP contribution < -0.4 is 0 Å². The molecule has 2 aromatic heterocycles. The monoisotopic (exact) mass is 378 g/mol. The molecule has 0 spiro atoms. The van der Waals surface area contributed by atoms with Crippen molar-refractivity contribution in [3.63, 3.8) is 0 Å². The Morgan fingerprint density at radius 2 is 1.78 bits per heavy atom. The Kier molecular flexibility index (Phi) is 4.26. The van der Waals surface area contributed by atoms with Gasteiger partial charge in [0.25, 0.3) is 0 Å². The quantitative estimate of drug-likeness (QED) is 0.373. The number of halogens is 1.